The van der Waals surface area contributed by atoms with Crippen molar-refractivity contribution >= 4 is 17.3 Å². The second-order valence-corrected chi connectivity index (χ2v) is 5.24. The molecule has 0 spiro atoms. The maximum Gasteiger partial charge on any atom is 0.0418 e. The smallest absolute Gasteiger partial charge is 0.0418 e. The first-order valence-corrected chi connectivity index (χ1v) is 6.22. The van der Waals surface area contributed by atoms with Gasteiger partial charge in [-0.2, -0.15) is 0 Å². The highest BCUT2D eigenvalue weighted by atomic mass is 35.5. The SMILES string of the molecule is CC(C)C1=CC[C@H](C)c2cc(Cl)ccc2N1. The summed E-state index contributed by atoms with van der Waals surface area (Å²) < 4.78 is 0. The van der Waals surface area contributed by atoms with E-state index in [9.17, 15) is 0 Å². The first-order chi connectivity index (χ1) is 7.58. The van der Waals surface area contributed by atoms with Crippen molar-refractivity contribution in [2.45, 2.75) is 33.1 Å². The molecule has 16 heavy (non-hydrogen) atoms. The molecule has 0 aliphatic carbocycles. The third-order valence-corrected chi connectivity index (χ3v) is 3.37. The number of fused-ring (bicyclic) bond motifs is 1. The molecule has 0 saturated carbocycles. The van der Waals surface area contributed by atoms with Crippen molar-refractivity contribution in [1.29, 1.82) is 0 Å². The van der Waals surface area contributed by atoms with Gasteiger partial charge in [-0.05, 0) is 42.0 Å². The number of allylic oxidation sites excluding steroid dienone is 2. The summed E-state index contributed by atoms with van der Waals surface area (Å²) in [7, 11) is 0. The van der Waals surface area contributed by atoms with Crippen LogP contribution in [0.3, 0.4) is 0 Å². The fourth-order valence-corrected chi connectivity index (χ4v) is 2.25. The van der Waals surface area contributed by atoms with Gasteiger partial charge in [0.25, 0.3) is 0 Å². The van der Waals surface area contributed by atoms with Crippen molar-refractivity contribution in [3.63, 3.8) is 0 Å². The van der Waals surface area contributed by atoms with Gasteiger partial charge in [0.05, 0.1) is 0 Å². The summed E-state index contributed by atoms with van der Waals surface area (Å²) in [5.41, 5.74) is 3.83. The molecule has 1 aliphatic heterocycles. The van der Waals surface area contributed by atoms with Gasteiger partial charge in [0.15, 0.2) is 0 Å². The second-order valence-electron chi connectivity index (χ2n) is 4.81. The van der Waals surface area contributed by atoms with Crippen LogP contribution in [0, 0.1) is 5.92 Å². The Morgan fingerprint density at radius 2 is 2.12 bits per heavy atom. The van der Waals surface area contributed by atoms with Gasteiger partial charge < -0.3 is 5.32 Å². The van der Waals surface area contributed by atoms with Gasteiger partial charge in [0, 0.05) is 16.4 Å². The molecule has 1 heterocycles. The van der Waals surface area contributed by atoms with Gasteiger partial charge in [0.2, 0.25) is 0 Å². The molecule has 1 aromatic carbocycles. The minimum absolute atomic E-state index is 0.525. The zero-order valence-corrected chi connectivity index (χ0v) is 10.8. The molecule has 0 unspecified atom stereocenters. The van der Waals surface area contributed by atoms with Gasteiger partial charge in [-0.3, -0.25) is 0 Å². The van der Waals surface area contributed by atoms with Crippen LogP contribution in [0.1, 0.15) is 38.7 Å². The lowest BCUT2D eigenvalue weighted by Crippen LogP contribution is -2.05. The van der Waals surface area contributed by atoms with Crippen molar-refractivity contribution in [1.82, 2.24) is 0 Å². The summed E-state index contributed by atoms with van der Waals surface area (Å²) in [5, 5.41) is 4.34. The standard InChI is InChI=1S/C14H18ClN/c1-9(2)13-6-4-10(3)12-8-11(15)5-7-14(12)16-13/h5-10,16H,4H2,1-3H3/t10-/m0/s1. The Morgan fingerprint density at radius 1 is 1.38 bits per heavy atom. The Kier molecular flexibility index (Phi) is 3.25. The maximum atomic E-state index is 6.05. The lowest BCUT2D eigenvalue weighted by molar-refractivity contribution is 0.751. The maximum absolute atomic E-state index is 6.05. The van der Waals surface area contributed by atoms with Crippen LogP contribution >= 0.6 is 11.6 Å². The number of hydrogen-bond donors (Lipinski definition) is 1. The van der Waals surface area contributed by atoms with E-state index in [1.807, 2.05) is 6.07 Å². The Labute approximate surface area is 103 Å². The molecular weight excluding hydrogens is 218 g/mol. The molecule has 1 atom stereocenters. The highest BCUT2D eigenvalue weighted by Gasteiger charge is 2.16. The monoisotopic (exact) mass is 235 g/mol. The lowest BCUT2D eigenvalue weighted by atomic mass is 9.97. The fourth-order valence-electron chi connectivity index (χ4n) is 2.07. The van der Waals surface area contributed by atoms with Crippen LogP contribution in [0.25, 0.3) is 0 Å². The third kappa shape index (κ3) is 2.25. The summed E-state index contributed by atoms with van der Waals surface area (Å²) >= 11 is 6.05. The van der Waals surface area contributed by atoms with E-state index >= 15 is 0 Å². The number of rotatable bonds is 1. The number of hydrogen-bond acceptors (Lipinski definition) is 1. The van der Waals surface area contributed by atoms with Crippen molar-refractivity contribution < 1.29 is 0 Å². The van der Waals surface area contributed by atoms with Crippen LogP contribution in [0.15, 0.2) is 30.0 Å². The summed E-state index contributed by atoms with van der Waals surface area (Å²) in [6, 6.07) is 6.10. The predicted molar refractivity (Wildman–Crippen MR) is 71.0 cm³/mol. The number of halogens is 1. The largest absolute Gasteiger partial charge is 0.359 e. The van der Waals surface area contributed by atoms with Crippen LogP contribution in [0.4, 0.5) is 5.69 Å². The molecule has 1 nitrogen and oxygen atoms in total. The topological polar surface area (TPSA) is 12.0 Å². The average Bonchev–Trinajstić information content (AvgIpc) is 2.39. The van der Waals surface area contributed by atoms with Gasteiger partial charge in [0.1, 0.15) is 0 Å². The quantitative estimate of drug-likeness (QED) is 0.737. The Bertz CT molecular complexity index is 421. The van der Waals surface area contributed by atoms with E-state index < -0.39 is 0 Å². The Balaban J connectivity index is 2.40. The zero-order chi connectivity index (χ0) is 11.7. The van der Waals surface area contributed by atoms with Gasteiger partial charge >= 0.3 is 0 Å². The van der Waals surface area contributed by atoms with E-state index in [4.69, 9.17) is 11.6 Å². The van der Waals surface area contributed by atoms with Gasteiger partial charge in [-0.15, -0.1) is 0 Å². The molecule has 1 aromatic rings. The highest BCUT2D eigenvalue weighted by Crippen LogP contribution is 2.34. The van der Waals surface area contributed by atoms with E-state index in [0.29, 0.717) is 11.8 Å². The third-order valence-electron chi connectivity index (χ3n) is 3.14. The van der Waals surface area contributed by atoms with Gasteiger partial charge in [-0.1, -0.05) is 38.4 Å². The van der Waals surface area contributed by atoms with Crippen LogP contribution in [-0.2, 0) is 0 Å². The van der Waals surface area contributed by atoms with E-state index in [1.54, 1.807) is 0 Å². The molecule has 1 aliphatic rings. The van der Waals surface area contributed by atoms with Crippen LogP contribution in [0.5, 0.6) is 0 Å². The molecule has 0 radical (unpaired) electrons. The first kappa shape index (κ1) is 11.5. The summed E-state index contributed by atoms with van der Waals surface area (Å²) in [6.45, 7) is 6.67. The molecule has 0 saturated heterocycles. The summed E-state index contributed by atoms with van der Waals surface area (Å²) in [6.07, 6.45) is 3.39. The van der Waals surface area contributed by atoms with Crippen LogP contribution < -0.4 is 5.32 Å². The minimum Gasteiger partial charge on any atom is -0.359 e. The minimum atomic E-state index is 0.525. The normalized spacial score (nSPS) is 19.8. The van der Waals surface area contributed by atoms with E-state index in [0.717, 1.165) is 11.4 Å². The molecule has 2 heteroatoms. The van der Waals surface area contributed by atoms with Gasteiger partial charge in [-0.25, -0.2) is 0 Å². The summed E-state index contributed by atoms with van der Waals surface area (Å²) in [5.74, 6) is 1.06. The average molecular weight is 236 g/mol. The van der Waals surface area contributed by atoms with Crippen molar-refractivity contribution in [3.8, 4) is 0 Å². The summed E-state index contributed by atoms with van der Waals surface area (Å²) in [4.78, 5) is 0. The first-order valence-electron chi connectivity index (χ1n) is 5.84. The highest BCUT2D eigenvalue weighted by molar-refractivity contribution is 6.30. The lowest BCUT2D eigenvalue weighted by Gasteiger charge is -2.16. The fraction of sp³-hybridized carbons (Fsp3) is 0.429. The van der Waals surface area contributed by atoms with Crippen molar-refractivity contribution in [2.75, 3.05) is 5.32 Å². The molecule has 0 fully saturated rings. The molecule has 86 valence electrons. The van der Waals surface area contributed by atoms with Crippen molar-refractivity contribution in [2.24, 2.45) is 5.92 Å². The molecule has 2 rings (SSSR count). The van der Waals surface area contributed by atoms with E-state index in [1.165, 1.54) is 16.9 Å². The number of nitrogens with one attached hydrogen (secondary N) is 1. The van der Waals surface area contributed by atoms with E-state index in [-0.39, 0.29) is 0 Å². The Hall–Kier alpha value is -0.950. The molecule has 1 N–H and O–H groups in total. The molecule has 0 amide bonds. The number of benzene rings is 1. The van der Waals surface area contributed by atoms with Crippen LogP contribution in [0.2, 0.25) is 5.02 Å². The van der Waals surface area contributed by atoms with E-state index in [2.05, 4.69) is 44.3 Å². The molecule has 0 aromatic heterocycles. The molecule has 0 bridgehead atoms. The molecular formula is C14H18ClN. The predicted octanol–water partition coefficient (Wildman–Crippen LogP) is 4.80. The van der Waals surface area contributed by atoms with Crippen LogP contribution in [-0.4, -0.2) is 0 Å². The zero-order valence-electron chi connectivity index (χ0n) is 10.0. The Morgan fingerprint density at radius 3 is 2.81 bits per heavy atom. The van der Waals surface area contributed by atoms with Crippen molar-refractivity contribution in [3.05, 3.63) is 40.6 Å². The second kappa shape index (κ2) is 4.50. The number of anilines is 1.